The zero-order chi connectivity index (χ0) is 24.6. The van der Waals surface area contributed by atoms with Gasteiger partial charge in [0.1, 0.15) is 11.3 Å². The highest BCUT2D eigenvalue weighted by Crippen LogP contribution is 2.32. The van der Waals surface area contributed by atoms with Gasteiger partial charge in [0, 0.05) is 29.9 Å². The number of hydrogen-bond donors (Lipinski definition) is 1. The number of carbonyl (C=O) groups is 1. The maximum atomic E-state index is 14.1. The summed E-state index contributed by atoms with van der Waals surface area (Å²) in [6.07, 6.45) is 4.43. The van der Waals surface area contributed by atoms with Crippen molar-refractivity contribution in [2.24, 2.45) is 5.92 Å². The molecule has 8 nitrogen and oxygen atoms in total. The van der Waals surface area contributed by atoms with Gasteiger partial charge < -0.3 is 5.32 Å². The first-order valence-corrected chi connectivity index (χ1v) is 12.3. The second-order valence-electron chi connectivity index (χ2n) is 9.53. The average Bonchev–Trinajstić information content (AvgIpc) is 3.33. The molecule has 0 radical (unpaired) electrons. The van der Waals surface area contributed by atoms with Gasteiger partial charge in [-0.25, -0.2) is 9.97 Å². The third kappa shape index (κ3) is 3.89. The molecule has 180 valence electrons. The minimum absolute atomic E-state index is 0.00194. The van der Waals surface area contributed by atoms with Gasteiger partial charge in [-0.3, -0.25) is 9.69 Å². The Bertz CT molecular complexity index is 1550. The van der Waals surface area contributed by atoms with E-state index in [-0.39, 0.29) is 11.9 Å². The normalized spacial score (nSPS) is 17.9. The number of hydrogen-bond acceptors (Lipinski definition) is 6. The molecule has 1 fully saturated rings. The van der Waals surface area contributed by atoms with Crippen molar-refractivity contribution in [1.29, 1.82) is 0 Å². The molecule has 0 bridgehead atoms. The Morgan fingerprint density at radius 1 is 1.00 bits per heavy atom. The van der Waals surface area contributed by atoms with Crippen LogP contribution >= 0.6 is 0 Å². The lowest BCUT2D eigenvalue weighted by molar-refractivity contribution is 0.0968. The molecule has 1 saturated heterocycles. The number of carbonyl (C=O) groups excluding carboxylic acids is 1. The summed E-state index contributed by atoms with van der Waals surface area (Å²) >= 11 is 0. The van der Waals surface area contributed by atoms with E-state index >= 15 is 0 Å². The van der Waals surface area contributed by atoms with Crippen LogP contribution in [-0.4, -0.2) is 50.0 Å². The number of benzene rings is 2. The molecule has 1 amide bonds. The fourth-order valence-electron chi connectivity index (χ4n) is 5.15. The van der Waals surface area contributed by atoms with Gasteiger partial charge in [0.15, 0.2) is 5.65 Å². The van der Waals surface area contributed by atoms with E-state index in [0.717, 1.165) is 47.1 Å². The van der Waals surface area contributed by atoms with Crippen LogP contribution in [0.1, 0.15) is 29.3 Å². The second-order valence-corrected chi connectivity index (χ2v) is 9.53. The zero-order valence-corrected chi connectivity index (χ0v) is 20.3. The molecule has 1 aliphatic rings. The predicted octanol–water partition coefficient (Wildman–Crippen LogP) is 4.32. The number of rotatable bonds is 4. The van der Waals surface area contributed by atoms with Crippen LogP contribution in [0, 0.1) is 12.8 Å². The Labute approximate surface area is 209 Å². The van der Waals surface area contributed by atoms with Crippen molar-refractivity contribution in [3.63, 3.8) is 0 Å². The van der Waals surface area contributed by atoms with Gasteiger partial charge in [-0.05, 0) is 79.2 Å². The number of fused-ring (bicyclic) bond motifs is 2. The molecule has 6 rings (SSSR count). The number of piperidine rings is 1. The molecule has 0 spiro atoms. The van der Waals surface area contributed by atoms with E-state index in [4.69, 9.17) is 4.98 Å². The third-order valence-corrected chi connectivity index (χ3v) is 6.91. The van der Waals surface area contributed by atoms with Gasteiger partial charge in [-0.2, -0.15) is 4.68 Å². The minimum atomic E-state index is -0.0627. The molecule has 1 N–H and O–H groups in total. The van der Waals surface area contributed by atoms with Crippen molar-refractivity contribution < 1.29 is 4.79 Å². The van der Waals surface area contributed by atoms with Crippen LogP contribution in [0.4, 0.5) is 5.82 Å². The maximum Gasteiger partial charge on any atom is 0.259 e. The molecule has 8 heteroatoms. The summed E-state index contributed by atoms with van der Waals surface area (Å²) in [4.78, 5) is 25.2. The minimum Gasteiger partial charge on any atom is -0.314 e. The summed E-state index contributed by atoms with van der Waals surface area (Å²) < 4.78 is 1.68. The number of nitrogens with one attached hydrogen (secondary N) is 1. The molecule has 3 aromatic heterocycles. The highest BCUT2D eigenvalue weighted by atomic mass is 16.2. The van der Waals surface area contributed by atoms with Gasteiger partial charge in [0.05, 0.1) is 11.7 Å². The summed E-state index contributed by atoms with van der Waals surface area (Å²) in [5.41, 5.74) is 3.90. The van der Waals surface area contributed by atoms with Gasteiger partial charge >= 0.3 is 0 Å². The summed E-state index contributed by atoms with van der Waals surface area (Å²) in [7, 11) is 0. The van der Waals surface area contributed by atoms with Crippen LogP contribution in [0.25, 0.3) is 27.6 Å². The monoisotopic (exact) mass is 477 g/mol. The quantitative estimate of drug-likeness (QED) is 0.415. The molecule has 0 aliphatic carbocycles. The number of pyridine rings is 2. The standard InChI is InChI=1S/C28H27N7O/c1-18-15-23(17-29-16-18)34(27-25-19(2)5-3-6-20(25)12-14-31-27)28(36)21-8-10-22(11-9-21)35-26-24(32-33-35)7-4-13-30-26/h3-14,18,23,29H,15-17H2,1-2H3/t18-,23+/m0/s1. The molecule has 36 heavy (non-hydrogen) atoms. The van der Waals surface area contributed by atoms with E-state index in [2.05, 4.69) is 46.6 Å². The smallest absolute Gasteiger partial charge is 0.259 e. The van der Waals surface area contributed by atoms with Crippen LogP contribution in [0.15, 0.2) is 73.1 Å². The molecule has 2 aromatic carbocycles. The van der Waals surface area contributed by atoms with E-state index in [9.17, 15) is 4.79 Å². The molecule has 0 unspecified atom stereocenters. The highest BCUT2D eigenvalue weighted by Gasteiger charge is 2.32. The van der Waals surface area contributed by atoms with E-state index in [1.165, 1.54) is 0 Å². The maximum absolute atomic E-state index is 14.1. The van der Waals surface area contributed by atoms with Crippen LogP contribution in [0.5, 0.6) is 0 Å². The summed E-state index contributed by atoms with van der Waals surface area (Å²) in [6.45, 7) is 5.97. The fourth-order valence-corrected chi connectivity index (χ4v) is 5.15. The van der Waals surface area contributed by atoms with E-state index in [0.29, 0.717) is 22.9 Å². The van der Waals surface area contributed by atoms with Crippen molar-refractivity contribution in [2.75, 3.05) is 18.0 Å². The van der Waals surface area contributed by atoms with E-state index < -0.39 is 0 Å². The van der Waals surface area contributed by atoms with Crippen LogP contribution in [-0.2, 0) is 0 Å². The number of nitrogens with zero attached hydrogens (tertiary/aromatic N) is 6. The third-order valence-electron chi connectivity index (χ3n) is 6.91. The Morgan fingerprint density at radius 2 is 1.86 bits per heavy atom. The highest BCUT2D eigenvalue weighted by molar-refractivity contribution is 6.10. The summed E-state index contributed by atoms with van der Waals surface area (Å²) in [5, 5.41) is 14.0. The van der Waals surface area contributed by atoms with Crippen LogP contribution in [0.2, 0.25) is 0 Å². The van der Waals surface area contributed by atoms with Gasteiger partial charge in [0.25, 0.3) is 5.91 Å². The lowest BCUT2D eigenvalue weighted by Gasteiger charge is -2.37. The van der Waals surface area contributed by atoms with Crippen molar-refractivity contribution >= 4 is 33.7 Å². The van der Waals surface area contributed by atoms with Crippen LogP contribution in [0.3, 0.4) is 0 Å². The van der Waals surface area contributed by atoms with Crippen molar-refractivity contribution in [3.8, 4) is 5.69 Å². The van der Waals surface area contributed by atoms with E-state index in [1.807, 2.05) is 53.4 Å². The summed E-state index contributed by atoms with van der Waals surface area (Å²) in [5.74, 6) is 1.12. The topological polar surface area (TPSA) is 88.8 Å². The predicted molar refractivity (Wildman–Crippen MR) is 140 cm³/mol. The molecule has 1 aliphatic heterocycles. The van der Waals surface area contributed by atoms with Gasteiger partial charge in [-0.15, -0.1) is 5.10 Å². The molecule has 0 saturated carbocycles. The Hall–Kier alpha value is -4.17. The fraction of sp³-hybridized carbons (Fsp3) is 0.250. The molecule has 2 atom stereocenters. The molecular formula is C28H27N7O. The van der Waals surface area contributed by atoms with Crippen molar-refractivity contribution in [3.05, 3.63) is 84.2 Å². The van der Waals surface area contributed by atoms with Crippen molar-refractivity contribution in [1.82, 2.24) is 30.3 Å². The molecule has 5 aromatic rings. The van der Waals surface area contributed by atoms with Gasteiger partial charge in [0.2, 0.25) is 0 Å². The van der Waals surface area contributed by atoms with Crippen LogP contribution < -0.4 is 10.2 Å². The second kappa shape index (κ2) is 9.13. The first-order valence-electron chi connectivity index (χ1n) is 12.3. The lowest BCUT2D eigenvalue weighted by atomic mass is 9.95. The number of amides is 1. The molecule has 4 heterocycles. The lowest BCUT2D eigenvalue weighted by Crippen LogP contribution is -2.51. The van der Waals surface area contributed by atoms with Gasteiger partial charge in [-0.1, -0.05) is 30.3 Å². The number of anilines is 1. The first-order chi connectivity index (χ1) is 17.6. The first kappa shape index (κ1) is 22.3. The largest absolute Gasteiger partial charge is 0.314 e. The Morgan fingerprint density at radius 3 is 2.69 bits per heavy atom. The summed E-state index contributed by atoms with van der Waals surface area (Å²) in [6, 6.07) is 19.4. The SMILES string of the molecule is Cc1cccc2ccnc(N(C(=O)c3ccc(-n4nnc5cccnc54)cc3)[C@H]3CNC[C@@H](C)C3)c12. The number of aromatic nitrogens is 5. The zero-order valence-electron chi connectivity index (χ0n) is 20.3. The van der Waals surface area contributed by atoms with E-state index in [1.54, 1.807) is 17.1 Å². The number of aryl methyl sites for hydroxylation is 1. The van der Waals surface area contributed by atoms with Crippen molar-refractivity contribution in [2.45, 2.75) is 26.3 Å². The molecular weight excluding hydrogens is 450 g/mol. The Balaban J connectivity index is 1.42. The Kier molecular flexibility index (Phi) is 5.65. The average molecular weight is 478 g/mol.